The maximum Gasteiger partial charge on any atom is 0.265 e. The van der Waals surface area contributed by atoms with Crippen LogP contribution in [-0.4, -0.2) is 12.0 Å². The molecule has 0 aliphatic heterocycles. The van der Waals surface area contributed by atoms with Crippen molar-refractivity contribution >= 4 is 17.3 Å². The van der Waals surface area contributed by atoms with E-state index in [0.717, 1.165) is 0 Å². The van der Waals surface area contributed by atoms with Crippen LogP contribution in [0.5, 0.6) is 5.75 Å². The molecule has 0 saturated carbocycles. The molecule has 0 fully saturated rings. The number of rotatable bonds is 4. The van der Waals surface area contributed by atoms with Crippen LogP contribution in [-0.2, 0) is 4.79 Å². The number of nitrogen functional groups attached to an aromatic ring is 1. The van der Waals surface area contributed by atoms with Gasteiger partial charge in [-0.2, -0.15) is 0 Å². The van der Waals surface area contributed by atoms with Gasteiger partial charge in [-0.15, -0.1) is 0 Å². The lowest BCUT2D eigenvalue weighted by atomic mass is 10.2. The third-order valence-electron chi connectivity index (χ3n) is 2.58. The van der Waals surface area contributed by atoms with Crippen molar-refractivity contribution in [1.29, 1.82) is 0 Å². The van der Waals surface area contributed by atoms with Crippen molar-refractivity contribution in [2.24, 2.45) is 0 Å². The van der Waals surface area contributed by atoms with Gasteiger partial charge >= 0.3 is 0 Å². The summed E-state index contributed by atoms with van der Waals surface area (Å²) in [6.07, 6.45) is -0.580. The second-order valence-corrected chi connectivity index (χ2v) is 4.19. The van der Waals surface area contributed by atoms with Gasteiger partial charge in [-0.1, -0.05) is 24.3 Å². The standard InChI is InChI=1S/C15H16N2O2/c1-11(19-14-8-3-2-4-9-14)15(18)17-13-7-5-6-12(16)10-13/h2-11H,16H2,1H3,(H,17,18)/t11-/m1/s1. The highest BCUT2D eigenvalue weighted by Crippen LogP contribution is 2.14. The zero-order valence-corrected chi connectivity index (χ0v) is 10.7. The Bertz CT molecular complexity index is 555. The average Bonchev–Trinajstić information content (AvgIpc) is 2.40. The summed E-state index contributed by atoms with van der Waals surface area (Å²) in [7, 11) is 0. The topological polar surface area (TPSA) is 64.3 Å². The molecule has 19 heavy (non-hydrogen) atoms. The molecule has 0 saturated heterocycles. The van der Waals surface area contributed by atoms with Crippen molar-refractivity contribution in [1.82, 2.24) is 0 Å². The van der Waals surface area contributed by atoms with Crippen molar-refractivity contribution in [2.75, 3.05) is 11.1 Å². The summed E-state index contributed by atoms with van der Waals surface area (Å²) in [5, 5.41) is 2.76. The van der Waals surface area contributed by atoms with Crippen LogP contribution in [0.25, 0.3) is 0 Å². The van der Waals surface area contributed by atoms with E-state index in [4.69, 9.17) is 10.5 Å². The highest BCUT2D eigenvalue weighted by Gasteiger charge is 2.14. The van der Waals surface area contributed by atoms with Gasteiger partial charge in [0.15, 0.2) is 6.10 Å². The number of ether oxygens (including phenoxy) is 1. The van der Waals surface area contributed by atoms with Gasteiger partial charge in [0.1, 0.15) is 5.75 Å². The van der Waals surface area contributed by atoms with Crippen LogP contribution in [0.2, 0.25) is 0 Å². The number of nitrogens with one attached hydrogen (secondary N) is 1. The molecular formula is C15H16N2O2. The zero-order valence-electron chi connectivity index (χ0n) is 10.7. The molecule has 0 spiro atoms. The maximum atomic E-state index is 12.0. The first-order valence-corrected chi connectivity index (χ1v) is 6.03. The normalized spacial score (nSPS) is 11.6. The highest BCUT2D eigenvalue weighted by atomic mass is 16.5. The summed E-state index contributed by atoms with van der Waals surface area (Å²) < 4.78 is 5.54. The Labute approximate surface area is 112 Å². The first-order chi connectivity index (χ1) is 9.15. The van der Waals surface area contributed by atoms with Crippen molar-refractivity contribution in [3.8, 4) is 5.75 Å². The molecule has 0 unspecified atom stereocenters. The Kier molecular flexibility index (Phi) is 4.03. The van der Waals surface area contributed by atoms with Crippen LogP contribution >= 0.6 is 0 Å². The number of amides is 1. The molecule has 2 aromatic carbocycles. The SMILES string of the molecule is C[C@@H](Oc1ccccc1)C(=O)Nc1cccc(N)c1. The molecule has 98 valence electrons. The van der Waals surface area contributed by atoms with Crippen LogP contribution in [0.1, 0.15) is 6.92 Å². The van der Waals surface area contributed by atoms with Gasteiger partial charge in [0.25, 0.3) is 5.91 Å². The predicted octanol–water partition coefficient (Wildman–Crippen LogP) is 2.67. The smallest absolute Gasteiger partial charge is 0.265 e. The third-order valence-corrected chi connectivity index (χ3v) is 2.58. The first kappa shape index (κ1) is 13.0. The van der Waals surface area contributed by atoms with E-state index in [9.17, 15) is 4.79 Å². The van der Waals surface area contributed by atoms with Gasteiger partial charge in [-0.05, 0) is 37.3 Å². The molecule has 4 nitrogen and oxygen atoms in total. The van der Waals surface area contributed by atoms with Crippen molar-refractivity contribution < 1.29 is 9.53 Å². The number of benzene rings is 2. The molecule has 0 heterocycles. The summed E-state index contributed by atoms with van der Waals surface area (Å²) in [6, 6.07) is 16.3. The maximum absolute atomic E-state index is 12.0. The minimum absolute atomic E-state index is 0.213. The Balaban J connectivity index is 1.96. The lowest BCUT2D eigenvalue weighted by molar-refractivity contribution is -0.122. The molecular weight excluding hydrogens is 240 g/mol. The van der Waals surface area contributed by atoms with Crippen LogP contribution in [0.3, 0.4) is 0 Å². The Morgan fingerprint density at radius 1 is 1.16 bits per heavy atom. The van der Waals surface area contributed by atoms with E-state index in [1.54, 1.807) is 31.2 Å². The van der Waals surface area contributed by atoms with E-state index in [0.29, 0.717) is 17.1 Å². The number of para-hydroxylation sites is 1. The van der Waals surface area contributed by atoms with E-state index < -0.39 is 6.10 Å². The van der Waals surface area contributed by atoms with Gasteiger partial charge in [-0.25, -0.2) is 0 Å². The molecule has 2 aromatic rings. The monoisotopic (exact) mass is 256 g/mol. The second-order valence-electron chi connectivity index (χ2n) is 4.19. The van der Waals surface area contributed by atoms with Crippen molar-refractivity contribution in [2.45, 2.75) is 13.0 Å². The van der Waals surface area contributed by atoms with Gasteiger partial charge in [-0.3, -0.25) is 4.79 Å². The summed E-state index contributed by atoms with van der Waals surface area (Å²) >= 11 is 0. The summed E-state index contributed by atoms with van der Waals surface area (Å²) in [5.74, 6) is 0.451. The average molecular weight is 256 g/mol. The summed E-state index contributed by atoms with van der Waals surface area (Å²) in [5.41, 5.74) is 6.92. The van der Waals surface area contributed by atoms with E-state index in [2.05, 4.69) is 5.32 Å². The minimum atomic E-state index is -0.580. The molecule has 0 aliphatic rings. The Morgan fingerprint density at radius 3 is 2.58 bits per heavy atom. The fourth-order valence-corrected chi connectivity index (χ4v) is 1.62. The Morgan fingerprint density at radius 2 is 1.89 bits per heavy atom. The van der Waals surface area contributed by atoms with Gasteiger partial charge in [0.2, 0.25) is 0 Å². The van der Waals surface area contributed by atoms with Crippen molar-refractivity contribution in [3.63, 3.8) is 0 Å². The third kappa shape index (κ3) is 3.74. The predicted molar refractivity (Wildman–Crippen MR) is 76.0 cm³/mol. The summed E-state index contributed by atoms with van der Waals surface area (Å²) in [4.78, 5) is 12.0. The summed E-state index contributed by atoms with van der Waals surface area (Å²) in [6.45, 7) is 1.70. The molecule has 0 bridgehead atoms. The fraction of sp³-hybridized carbons (Fsp3) is 0.133. The zero-order chi connectivity index (χ0) is 13.7. The van der Waals surface area contributed by atoms with Gasteiger partial charge in [0.05, 0.1) is 0 Å². The lowest BCUT2D eigenvalue weighted by Gasteiger charge is -2.14. The fourth-order valence-electron chi connectivity index (χ4n) is 1.62. The molecule has 4 heteroatoms. The number of carbonyl (C=O) groups excluding carboxylic acids is 1. The number of hydrogen-bond donors (Lipinski definition) is 2. The lowest BCUT2D eigenvalue weighted by Crippen LogP contribution is -2.30. The van der Waals surface area contributed by atoms with Gasteiger partial charge in [0, 0.05) is 11.4 Å². The van der Waals surface area contributed by atoms with Crippen LogP contribution in [0.4, 0.5) is 11.4 Å². The van der Waals surface area contributed by atoms with Crippen LogP contribution in [0, 0.1) is 0 Å². The van der Waals surface area contributed by atoms with E-state index in [1.807, 2.05) is 30.3 Å². The molecule has 0 radical (unpaired) electrons. The van der Waals surface area contributed by atoms with Crippen LogP contribution in [0.15, 0.2) is 54.6 Å². The molecule has 3 N–H and O–H groups in total. The van der Waals surface area contributed by atoms with Gasteiger partial charge < -0.3 is 15.8 Å². The molecule has 0 aromatic heterocycles. The van der Waals surface area contributed by atoms with E-state index in [1.165, 1.54) is 0 Å². The first-order valence-electron chi connectivity index (χ1n) is 6.03. The second kappa shape index (κ2) is 5.91. The van der Waals surface area contributed by atoms with Crippen molar-refractivity contribution in [3.05, 3.63) is 54.6 Å². The molecule has 2 rings (SSSR count). The minimum Gasteiger partial charge on any atom is -0.481 e. The number of hydrogen-bond acceptors (Lipinski definition) is 3. The quantitative estimate of drug-likeness (QED) is 0.827. The molecule has 1 atom stereocenters. The molecule has 1 amide bonds. The number of anilines is 2. The Hall–Kier alpha value is -2.49. The number of nitrogens with two attached hydrogens (primary N) is 1. The molecule has 0 aliphatic carbocycles. The highest BCUT2D eigenvalue weighted by molar-refractivity contribution is 5.94. The largest absolute Gasteiger partial charge is 0.481 e. The van der Waals surface area contributed by atoms with E-state index in [-0.39, 0.29) is 5.91 Å². The van der Waals surface area contributed by atoms with E-state index >= 15 is 0 Å². The number of carbonyl (C=O) groups is 1. The van der Waals surface area contributed by atoms with Crippen LogP contribution < -0.4 is 15.8 Å².